The zero-order valence-corrected chi connectivity index (χ0v) is 9.69. The third kappa shape index (κ3) is 1.67. The number of hydrogen-bond donors (Lipinski definition) is 1. The maximum atomic E-state index is 4.54. The molecular formula is C12H18N4. The molecular weight excluding hydrogens is 200 g/mol. The highest BCUT2D eigenvalue weighted by Gasteiger charge is 2.30. The van der Waals surface area contributed by atoms with Crippen LogP contribution in [0.1, 0.15) is 19.8 Å². The molecule has 2 unspecified atom stereocenters. The highest BCUT2D eigenvalue weighted by molar-refractivity contribution is 5.96. The topological polar surface area (TPSA) is 40.0 Å². The lowest BCUT2D eigenvalue weighted by Crippen LogP contribution is -2.39. The predicted molar refractivity (Wildman–Crippen MR) is 65.8 cm³/mol. The van der Waals surface area contributed by atoms with Gasteiger partial charge in [0.1, 0.15) is 0 Å². The van der Waals surface area contributed by atoms with E-state index in [4.69, 9.17) is 0 Å². The van der Waals surface area contributed by atoms with Gasteiger partial charge in [-0.2, -0.15) is 0 Å². The van der Waals surface area contributed by atoms with Crippen LogP contribution in [0.25, 0.3) is 0 Å². The van der Waals surface area contributed by atoms with Gasteiger partial charge in [-0.3, -0.25) is 0 Å². The van der Waals surface area contributed by atoms with Gasteiger partial charge in [-0.1, -0.05) is 0 Å². The molecule has 1 N–H and O–H groups in total. The van der Waals surface area contributed by atoms with Crippen molar-refractivity contribution in [2.24, 2.45) is 15.9 Å². The summed E-state index contributed by atoms with van der Waals surface area (Å²) in [6.07, 6.45) is 6.62. The van der Waals surface area contributed by atoms with Gasteiger partial charge in [0.05, 0.1) is 6.04 Å². The summed E-state index contributed by atoms with van der Waals surface area (Å²) in [5.41, 5.74) is 1.41. The van der Waals surface area contributed by atoms with E-state index < -0.39 is 0 Å². The first-order valence-corrected chi connectivity index (χ1v) is 6.15. The van der Waals surface area contributed by atoms with Crippen LogP contribution in [0.5, 0.6) is 0 Å². The van der Waals surface area contributed by atoms with Crippen molar-refractivity contribution < 1.29 is 0 Å². The fourth-order valence-corrected chi connectivity index (χ4v) is 2.71. The van der Waals surface area contributed by atoms with E-state index >= 15 is 0 Å². The van der Waals surface area contributed by atoms with Gasteiger partial charge < -0.3 is 10.2 Å². The van der Waals surface area contributed by atoms with Crippen LogP contribution < -0.4 is 5.32 Å². The van der Waals surface area contributed by atoms with E-state index in [9.17, 15) is 0 Å². The molecule has 0 aliphatic carbocycles. The molecule has 1 saturated heterocycles. The monoisotopic (exact) mass is 218 g/mol. The molecule has 2 atom stereocenters. The molecule has 0 bridgehead atoms. The van der Waals surface area contributed by atoms with E-state index in [2.05, 4.69) is 33.2 Å². The number of rotatable bonds is 1. The number of nitrogens with zero attached hydrogens (tertiary/aromatic N) is 3. The van der Waals surface area contributed by atoms with Gasteiger partial charge in [-0.05, 0) is 32.4 Å². The van der Waals surface area contributed by atoms with Crippen LogP contribution in [0.3, 0.4) is 0 Å². The molecule has 3 aliphatic rings. The largest absolute Gasteiger partial charge is 0.316 e. The van der Waals surface area contributed by atoms with Gasteiger partial charge in [0.25, 0.3) is 0 Å². The smallest absolute Gasteiger partial charge is 0.225 e. The van der Waals surface area contributed by atoms with E-state index in [0.29, 0.717) is 12.0 Å². The normalized spacial score (nSPS) is 33.4. The molecule has 3 aliphatic heterocycles. The van der Waals surface area contributed by atoms with Crippen molar-refractivity contribution in [1.82, 2.24) is 10.2 Å². The zero-order chi connectivity index (χ0) is 11.0. The Hall–Kier alpha value is -1.16. The maximum Gasteiger partial charge on any atom is 0.225 e. The summed E-state index contributed by atoms with van der Waals surface area (Å²) in [6, 6.07) is 0.380. The summed E-state index contributed by atoms with van der Waals surface area (Å²) in [4.78, 5) is 11.2. The van der Waals surface area contributed by atoms with Gasteiger partial charge >= 0.3 is 0 Å². The highest BCUT2D eigenvalue weighted by Crippen LogP contribution is 2.27. The minimum Gasteiger partial charge on any atom is -0.316 e. The van der Waals surface area contributed by atoms with Gasteiger partial charge in [-0.25, -0.2) is 9.98 Å². The number of guanidine groups is 1. The number of fused-ring (bicyclic) bond motifs is 1. The predicted octanol–water partition coefficient (Wildman–Crippen LogP) is 1.01. The molecule has 0 amide bonds. The van der Waals surface area contributed by atoms with E-state index in [1.807, 2.05) is 6.21 Å². The van der Waals surface area contributed by atoms with Crippen LogP contribution in [0.2, 0.25) is 0 Å². The van der Waals surface area contributed by atoms with E-state index in [0.717, 1.165) is 25.6 Å². The Morgan fingerprint density at radius 3 is 3.25 bits per heavy atom. The van der Waals surface area contributed by atoms with Crippen molar-refractivity contribution >= 4 is 12.2 Å². The Bertz CT molecular complexity index is 363. The van der Waals surface area contributed by atoms with Crippen molar-refractivity contribution in [3.63, 3.8) is 0 Å². The van der Waals surface area contributed by atoms with Crippen molar-refractivity contribution in [2.75, 3.05) is 19.6 Å². The van der Waals surface area contributed by atoms with E-state index in [-0.39, 0.29) is 0 Å². The van der Waals surface area contributed by atoms with Crippen LogP contribution in [-0.4, -0.2) is 42.8 Å². The number of hydrogen-bond acceptors (Lipinski definition) is 4. The molecule has 0 radical (unpaired) electrons. The Labute approximate surface area is 96.1 Å². The van der Waals surface area contributed by atoms with Crippen molar-refractivity contribution in [1.29, 1.82) is 0 Å². The van der Waals surface area contributed by atoms with Gasteiger partial charge in [0.2, 0.25) is 5.96 Å². The number of allylic oxidation sites excluding steroid dienone is 1. The fourth-order valence-electron chi connectivity index (χ4n) is 2.71. The molecule has 4 heteroatoms. The number of nitrogens with one attached hydrogen (secondary N) is 1. The second-order valence-corrected chi connectivity index (χ2v) is 4.80. The third-order valence-corrected chi connectivity index (χ3v) is 3.49. The summed E-state index contributed by atoms with van der Waals surface area (Å²) in [5.74, 6) is 1.55. The lowest BCUT2D eigenvalue weighted by atomic mass is 9.94. The van der Waals surface area contributed by atoms with Gasteiger partial charge in [0.15, 0.2) is 0 Å². The molecule has 4 nitrogen and oxygen atoms in total. The molecule has 0 spiro atoms. The first kappa shape index (κ1) is 10.0. The minimum atomic E-state index is 0.380. The molecule has 3 rings (SSSR count). The number of piperidine rings is 1. The highest BCUT2D eigenvalue weighted by atomic mass is 15.3. The first-order valence-electron chi connectivity index (χ1n) is 6.15. The molecule has 3 heterocycles. The average Bonchev–Trinajstić information content (AvgIpc) is 2.70. The standard InChI is InChI=1S/C12H18N4/c1-9-8-16-11(4-6-14-12(16)15-9)10-3-2-5-13-7-10/h4,6,9-10,13H,2-3,5,7-8H2,1H3. The minimum absolute atomic E-state index is 0.380. The summed E-state index contributed by atoms with van der Waals surface area (Å²) in [6.45, 7) is 5.40. The lowest BCUT2D eigenvalue weighted by Gasteiger charge is -2.32. The third-order valence-electron chi connectivity index (χ3n) is 3.49. The maximum absolute atomic E-state index is 4.54. The summed E-state index contributed by atoms with van der Waals surface area (Å²) in [7, 11) is 0. The van der Waals surface area contributed by atoms with Crippen LogP contribution in [0.15, 0.2) is 21.8 Å². The van der Waals surface area contributed by atoms with Crippen LogP contribution in [0, 0.1) is 5.92 Å². The van der Waals surface area contributed by atoms with Crippen LogP contribution in [0.4, 0.5) is 0 Å². The van der Waals surface area contributed by atoms with E-state index in [1.54, 1.807) is 0 Å². The Balaban J connectivity index is 1.82. The van der Waals surface area contributed by atoms with Gasteiger partial charge in [0, 0.05) is 30.9 Å². The zero-order valence-electron chi connectivity index (χ0n) is 9.69. The molecule has 16 heavy (non-hydrogen) atoms. The molecule has 0 saturated carbocycles. The van der Waals surface area contributed by atoms with E-state index in [1.165, 1.54) is 18.5 Å². The second kappa shape index (κ2) is 4.01. The fraction of sp³-hybridized carbons (Fsp3) is 0.667. The second-order valence-electron chi connectivity index (χ2n) is 4.80. The summed E-state index contributed by atoms with van der Waals surface area (Å²) >= 11 is 0. The quantitative estimate of drug-likeness (QED) is 0.713. The Kier molecular flexibility index (Phi) is 2.52. The molecule has 86 valence electrons. The molecule has 0 aromatic rings. The molecule has 0 aromatic carbocycles. The SMILES string of the molecule is CC1CN2C(C3CCCNC3)=CC=NC2=N1. The van der Waals surface area contributed by atoms with Crippen molar-refractivity contribution in [3.8, 4) is 0 Å². The van der Waals surface area contributed by atoms with Crippen molar-refractivity contribution in [3.05, 3.63) is 11.8 Å². The van der Waals surface area contributed by atoms with Crippen LogP contribution >= 0.6 is 0 Å². The Morgan fingerprint density at radius 1 is 1.50 bits per heavy atom. The molecule has 1 fully saturated rings. The lowest BCUT2D eigenvalue weighted by molar-refractivity contribution is 0.355. The summed E-state index contributed by atoms with van der Waals surface area (Å²) in [5, 5.41) is 3.47. The van der Waals surface area contributed by atoms with Crippen LogP contribution in [-0.2, 0) is 0 Å². The number of aliphatic imine (C=N–C) groups is 2. The van der Waals surface area contributed by atoms with Crippen molar-refractivity contribution in [2.45, 2.75) is 25.8 Å². The van der Waals surface area contributed by atoms with Gasteiger partial charge in [-0.15, -0.1) is 0 Å². The summed E-state index contributed by atoms with van der Waals surface area (Å²) < 4.78 is 0. The Morgan fingerprint density at radius 2 is 2.44 bits per heavy atom. The average molecular weight is 218 g/mol. The molecule has 0 aromatic heterocycles. The first-order chi connectivity index (χ1) is 7.84.